The number of allylic oxidation sites excluding steroid dienone is 1. The van der Waals surface area contributed by atoms with Crippen molar-refractivity contribution in [2.75, 3.05) is 0 Å². The van der Waals surface area contributed by atoms with Gasteiger partial charge in [-0.15, -0.1) is 0 Å². The van der Waals surface area contributed by atoms with Crippen LogP contribution in [0.1, 0.15) is 25.0 Å². The molecule has 0 saturated heterocycles. The second-order valence-corrected chi connectivity index (χ2v) is 4.99. The van der Waals surface area contributed by atoms with Gasteiger partial charge in [0.05, 0.1) is 5.92 Å². The van der Waals surface area contributed by atoms with E-state index in [4.69, 9.17) is 5.11 Å². The molecule has 1 aromatic rings. The van der Waals surface area contributed by atoms with Gasteiger partial charge >= 0.3 is 5.97 Å². The first kappa shape index (κ1) is 13.0. The Morgan fingerprint density at radius 3 is 2.62 bits per heavy atom. The summed E-state index contributed by atoms with van der Waals surface area (Å²) in [5.74, 6) is -1.14. The third kappa shape index (κ3) is 3.49. The van der Waals surface area contributed by atoms with Crippen molar-refractivity contribution in [3.8, 4) is 0 Å². The molecule has 0 heterocycles. The van der Waals surface area contributed by atoms with Crippen LogP contribution in [0.5, 0.6) is 0 Å². The highest BCUT2D eigenvalue weighted by molar-refractivity contribution is 9.10. The maximum atomic E-state index is 10.8. The molecule has 0 fully saturated rings. The quantitative estimate of drug-likeness (QED) is 0.913. The summed E-state index contributed by atoms with van der Waals surface area (Å²) in [6.45, 7) is 7.53. The molecule has 0 bridgehead atoms. The van der Waals surface area contributed by atoms with E-state index in [1.165, 1.54) is 0 Å². The molecule has 0 aliphatic heterocycles. The minimum absolute atomic E-state index is 0.368. The lowest BCUT2D eigenvalue weighted by atomic mass is 9.98. The summed E-state index contributed by atoms with van der Waals surface area (Å²) >= 11 is 3.42. The van der Waals surface area contributed by atoms with Crippen LogP contribution in [0.25, 0.3) is 5.57 Å². The fraction of sp³-hybridized carbons (Fsp3) is 0.308. The average molecular weight is 283 g/mol. The molecule has 3 heteroatoms. The second-order valence-electron chi connectivity index (χ2n) is 4.07. The molecule has 16 heavy (non-hydrogen) atoms. The van der Waals surface area contributed by atoms with Crippen LogP contribution in [0.4, 0.5) is 0 Å². The highest BCUT2D eigenvalue weighted by Gasteiger charge is 2.12. The van der Waals surface area contributed by atoms with E-state index in [9.17, 15) is 4.79 Å². The number of hydrogen-bond donors (Lipinski definition) is 1. The molecular formula is C13H15BrO2. The van der Waals surface area contributed by atoms with E-state index in [-0.39, 0.29) is 5.92 Å². The Hall–Kier alpha value is -1.09. The summed E-state index contributed by atoms with van der Waals surface area (Å²) in [6, 6.07) is 5.93. The Kier molecular flexibility index (Phi) is 4.30. The molecule has 1 unspecified atom stereocenters. The number of carbonyl (C=O) groups is 1. The van der Waals surface area contributed by atoms with Crippen molar-refractivity contribution in [2.24, 2.45) is 5.92 Å². The summed E-state index contributed by atoms with van der Waals surface area (Å²) in [6.07, 6.45) is 0.537. The van der Waals surface area contributed by atoms with Crippen LogP contribution in [0.15, 0.2) is 29.3 Å². The zero-order valence-electron chi connectivity index (χ0n) is 9.46. The van der Waals surface area contributed by atoms with Gasteiger partial charge in [-0.1, -0.05) is 41.1 Å². The molecule has 1 rings (SSSR count). The largest absolute Gasteiger partial charge is 0.481 e. The van der Waals surface area contributed by atoms with Crippen molar-refractivity contribution in [2.45, 2.75) is 20.3 Å². The van der Waals surface area contributed by atoms with Crippen LogP contribution in [0.2, 0.25) is 0 Å². The number of aliphatic carboxylic acids is 1. The summed E-state index contributed by atoms with van der Waals surface area (Å²) in [5.41, 5.74) is 3.04. The Morgan fingerprint density at radius 2 is 2.12 bits per heavy atom. The van der Waals surface area contributed by atoms with E-state index in [1.54, 1.807) is 6.92 Å². The van der Waals surface area contributed by atoms with Crippen LogP contribution >= 0.6 is 15.9 Å². The van der Waals surface area contributed by atoms with Crippen LogP contribution in [-0.4, -0.2) is 11.1 Å². The first-order valence-corrected chi connectivity index (χ1v) is 5.87. The van der Waals surface area contributed by atoms with Gasteiger partial charge in [-0.25, -0.2) is 0 Å². The maximum Gasteiger partial charge on any atom is 0.306 e. The van der Waals surface area contributed by atoms with E-state index in [1.807, 2.05) is 25.1 Å². The number of rotatable bonds is 4. The van der Waals surface area contributed by atoms with Crippen LogP contribution in [0.3, 0.4) is 0 Å². The van der Waals surface area contributed by atoms with E-state index in [2.05, 4.69) is 22.5 Å². The molecule has 1 aromatic carbocycles. The van der Waals surface area contributed by atoms with Gasteiger partial charge in [0.1, 0.15) is 0 Å². The normalized spacial score (nSPS) is 12.2. The van der Waals surface area contributed by atoms with E-state index in [0.29, 0.717) is 6.42 Å². The first-order chi connectivity index (χ1) is 7.40. The SMILES string of the molecule is C=C(C)c1cc(Br)cc(CC(C)C(=O)O)c1. The smallest absolute Gasteiger partial charge is 0.306 e. The summed E-state index contributed by atoms with van der Waals surface area (Å²) in [4.78, 5) is 10.8. The minimum atomic E-state index is -0.767. The maximum absolute atomic E-state index is 10.8. The zero-order chi connectivity index (χ0) is 12.3. The van der Waals surface area contributed by atoms with Crippen molar-refractivity contribution in [1.82, 2.24) is 0 Å². The topological polar surface area (TPSA) is 37.3 Å². The third-order valence-corrected chi connectivity index (χ3v) is 2.87. The molecular weight excluding hydrogens is 268 g/mol. The molecule has 2 nitrogen and oxygen atoms in total. The first-order valence-electron chi connectivity index (χ1n) is 5.08. The number of carboxylic acid groups (broad SMARTS) is 1. The molecule has 0 saturated carbocycles. The van der Waals surface area contributed by atoms with E-state index >= 15 is 0 Å². The highest BCUT2D eigenvalue weighted by Crippen LogP contribution is 2.22. The third-order valence-electron chi connectivity index (χ3n) is 2.41. The second kappa shape index (κ2) is 5.30. The molecule has 1 atom stereocenters. The fourth-order valence-corrected chi connectivity index (χ4v) is 2.00. The lowest BCUT2D eigenvalue weighted by Gasteiger charge is -2.09. The van der Waals surface area contributed by atoms with Gasteiger partial charge in [0.25, 0.3) is 0 Å². The molecule has 0 radical (unpaired) electrons. The van der Waals surface area contributed by atoms with E-state index in [0.717, 1.165) is 21.2 Å². The monoisotopic (exact) mass is 282 g/mol. The molecule has 0 spiro atoms. The van der Waals surface area contributed by atoms with Crippen LogP contribution in [-0.2, 0) is 11.2 Å². The highest BCUT2D eigenvalue weighted by atomic mass is 79.9. The number of benzene rings is 1. The molecule has 86 valence electrons. The fourth-order valence-electron chi connectivity index (χ4n) is 1.46. The Labute approximate surface area is 104 Å². The predicted molar refractivity (Wildman–Crippen MR) is 69.4 cm³/mol. The van der Waals surface area contributed by atoms with Crippen molar-refractivity contribution in [3.63, 3.8) is 0 Å². The van der Waals surface area contributed by atoms with Gasteiger partial charge in [-0.3, -0.25) is 4.79 Å². The average Bonchev–Trinajstić information content (AvgIpc) is 2.16. The van der Waals surface area contributed by atoms with Crippen LogP contribution < -0.4 is 0 Å². The molecule has 1 N–H and O–H groups in total. The summed E-state index contributed by atoms with van der Waals surface area (Å²) in [7, 11) is 0. The lowest BCUT2D eigenvalue weighted by molar-refractivity contribution is -0.141. The van der Waals surface area contributed by atoms with Gasteiger partial charge in [0, 0.05) is 4.47 Å². The molecule has 0 aromatic heterocycles. The zero-order valence-corrected chi connectivity index (χ0v) is 11.0. The Bertz CT molecular complexity index is 424. The van der Waals surface area contributed by atoms with Gasteiger partial charge < -0.3 is 5.11 Å². The van der Waals surface area contributed by atoms with Crippen molar-refractivity contribution in [3.05, 3.63) is 40.4 Å². The van der Waals surface area contributed by atoms with Crippen molar-refractivity contribution >= 4 is 27.5 Å². The van der Waals surface area contributed by atoms with E-state index < -0.39 is 5.97 Å². The van der Waals surface area contributed by atoms with Crippen LogP contribution in [0, 0.1) is 5.92 Å². The van der Waals surface area contributed by atoms with Crippen molar-refractivity contribution in [1.29, 1.82) is 0 Å². The number of carboxylic acids is 1. The molecule has 0 aliphatic carbocycles. The van der Waals surface area contributed by atoms with Crippen molar-refractivity contribution < 1.29 is 9.90 Å². The molecule has 0 aliphatic rings. The van der Waals surface area contributed by atoms with Gasteiger partial charge in [-0.05, 0) is 36.6 Å². The van der Waals surface area contributed by atoms with Gasteiger partial charge in [0.2, 0.25) is 0 Å². The Morgan fingerprint density at radius 1 is 1.50 bits per heavy atom. The summed E-state index contributed by atoms with van der Waals surface area (Å²) < 4.78 is 0.959. The predicted octanol–water partition coefficient (Wildman–Crippen LogP) is 3.75. The standard InChI is InChI=1S/C13H15BrO2/c1-8(2)11-5-10(6-12(14)7-11)4-9(3)13(15)16/h5-7,9H,1,4H2,2-3H3,(H,15,16). The Balaban J connectivity index is 2.97. The van der Waals surface area contributed by atoms with Gasteiger partial charge in [-0.2, -0.15) is 0 Å². The number of hydrogen-bond acceptors (Lipinski definition) is 1. The summed E-state index contributed by atoms with van der Waals surface area (Å²) in [5, 5.41) is 8.86. The minimum Gasteiger partial charge on any atom is -0.481 e. The lowest BCUT2D eigenvalue weighted by Crippen LogP contribution is -2.12. The van der Waals surface area contributed by atoms with Gasteiger partial charge in [0.15, 0.2) is 0 Å². The molecule has 0 amide bonds. The number of halogens is 1.